The number of rotatable bonds is 4. The summed E-state index contributed by atoms with van der Waals surface area (Å²) in [6.45, 7) is 0.0762. The molecule has 138 valence electrons. The lowest BCUT2D eigenvalue weighted by Crippen LogP contribution is -2.27. The Labute approximate surface area is 162 Å². The summed E-state index contributed by atoms with van der Waals surface area (Å²) in [7, 11) is 0. The summed E-state index contributed by atoms with van der Waals surface area (Å²) in [5.41, 5.74) is 1.15. The minimum Gasteiger partial charge on any atom is -0.337 e. The molecule has 1 aromatic heterocycles. The highest BCUT2D eigenvalue weighted by Gasteiger charge is 2.36. The topological polar surface area (TPSA) is 59.2 Å². The summed E-state index contributed by atoms with van der Waals surface area (Å²) in [5.74, 6) is -0.743. The lowest BCUT2D eigenvalue weighted by molar-refractivity contribution is -0.130. The van der Waals surface area contributed by atoms with Crippen LogP contribution in [-0.2, 0) is 11.3 Å². The van der Waals surface area contributed by atoms with Gasteiger partial charge in [0.2, 0.25) is 17.6 Å². The van der Waals surface area contributed by atoms with Crippen LogP contribution in [0.4, 0.5) is 8.78 Å². The molecule has 0 N–H and O–H groups in total. The monoisotopic (exact) mass is 433 g/mol. The van der Waals surface area contributed by atoms with E-state index in [0.29, 0.717) is 30.1 Å². The Balaban J connectivity index is 1.60. The van der Waals surface area contributed by atoms with Crippen molar-refractivity contribution in [2.75, 3.05) is 0 Å². The lowest BCUT2D eigenvalue weighted by Gasteiger charge is -2.22. The number of benzene rings is 2. The first-order valence-electron chi connectivity index (χ1n) is 8.33. The van der Waals surface area contributed by atoms with Crippen molar-refractivity contribution in [3.8, 4) is 11.4 Å². The van der Waals surface area contributed by atoms with E-state index in [4.69, 9.17) is 4.52 Å². The van der Waals surface area contributed by atoms with Gasteiger partial charge in [-0.2, -0.15) is 4.98 Å². The van der Waals surface area contributed by atoms with Crippen molar-refractivity contribution in [3.63, 3.8) is 0 Å². The van der Waals surface area contributed by atoms with Crippen molar-refractivity contribution in [3.05, 3.63) is 70.0 Å². The zero-order chi connectivity index (χ0) is 19.0. The number of hydrogen-bond donors (Lipinski definition) is 0. The average molecular weight is 434 g/mol. The Morgan fingerprint density at radius 2 is 1.96 bits per heavy atom. The molecule has 1 aliphatic rings. The molecule has 4 rings (SSSR count). The molecule has 1 fully saturated rings. The number of hydrogen-bond acceptors (Lipinski definition) is 4. The van der Waals surface area contributed by atoms with Gasteiger partial charge in [0.05, 0.1) is 0 Å². The fourth-order valence-corrected chi connectivity index (χ4v) is 3.60. The van der Waals surface area contributed by atoms with Crippen molar-refractivity contribution in [2.24, 2.45) is 0 Å². The molecule has 0 aliphatic carbocycles. The molecule has 0 spiro atoms. The Hall–Kier alpha value is -2.61. The standard InChI is InChI=1S/C19H14BrF2N3O2/c20-13-3-1-2-12(8-13)18-23-19(27-24-18)16-4-5-17(26)25(16)10-11-6-14(21)9-15(22)7-11/h1-3,6-9,16H,4-5,10H2. The third kappa shape index (κ3) is 3.75. The fraction of sp³-hybridized carbons (Fsp3) is 0.211. The average Bonchev–Trinajstić information content (AvgIpc) is 3.22. The predicted molar refractivity (Wildman–Crippen MR) is 96.3 cm³/mol. The zero-order valence-electron chi connectivity index (χ0n) is 14.0. The highest BCUT2D eigenvalue weighted by molar-refractivity contribution is 9.10. The Kier molecular flexibility index (Phi) is 4.73. The lowest BCUT2D eigenvalue weighted by atomic mass is 10.1. The number of nitrogens with zero attached hydrogens (tertiary/aromatic N) is 3. The first kappa shape index (κ1) is 17.8. The third-order valence-corrected chi connectivity index (χ3v) is 4.91. The first-order valence-corrected chi connectivity index (χ1v) is 9.13. The second-order valence-electron chi connectivity index (χ2n) is 6.32. The zero-order valence-corrected chi connectivity index (χ0v) is 15.6. The SMILES string of the molecule is O=C1CCC(c2nc(-c3cccc(Br)c3)no2)N1Cc1cc(F)cc(F)c1. The van der Waals surface area contributed by atoms with E-state index in [0.717, 1.165) is 16.1 Å². The van der Waals surface area contributed by atoms with Gasteiger partial charge < -0.3 is 9.42 Å². The smallest absolute Gasteiger partial charge is 0.249 e. The molecule has 27 heavy (non-hydrogen) atoms. The maximum atomic E-state index is 13.5. The number of halogens is 3. The molecule has 5 nitrogen and oxygen atoms in total. The molecule has 0 saturated carbocycles. The summed E-state index contributed by atoms with van der Waals surface area (Å²) < 4.78 is 33.2. The van der Waals surface area contributed by atoms with Crippen molar-refractivity contribution >= 4 is 21.8 Å². The maximum Gasteiger partial charge on any atom is 0.249 e. The molecule has 2 aromatic carbocycles. The number of amides is 1. The molecule has 1 aliphatic heterocycles. The van der Waals surface area contributed by atoms with Gasteiger partial charge in [-0.1, -0.05) is 33.2 Å². The number of carbonyl (C=O) groups excluding carboxylic acids is 1. The molecule has 0 bridgehead atoms. The van der Waals surface area contributed by atoms with Gasteiger partial charge in [0.15, 0.2) is 0 Å². The second kappa shape index (κ2) is 7.19. The molecule has 1 atom stereocenters. The first-order chi connectivity index (χ1) is 13.0. The largest absolute Gasteiger partial charge is 0.337 e. The van der Waals surface area contributed by atoms with Crippen molar-refractivity contribution in [1.29, 1.82) is 0 Å². The van der Waals surface area contributed by atoms with Crippen LogP contribution in [0.1, 0.15) is 30.3 Å². The van der Waals surface area contributed by atoms with Crippen molar-refractivity contribution in [1.82, 2.24) is 15.0 Å². The highest BCUT2D eigenvalue weighted by atomic mass is 79.9. The van der Waals surface area contributed by atoms with Crippen LogP contribution in [0.2, 0.25) is 0 Å². The van der Waals surface area contributed by atoms with Gasteiger partial charge in [0.1, 0.15) is 17.7 Å². The van der Waals surface area contributed by atoms with Gasteiger partial charge >= 0.3 is 0 Å². The minimum absolute atomic E-state index is 0.0762. The quantitative estimate of drug-likeness (QED) is 0.601. The van der Waals surface area contributed by atoms with Crippen LogP contribution in [-0.4, -0.2) is 20.9 Å². The van der Waals surface area contributed by atoms with Crippen LogP contribution in [0.25, 0.3) is 11.4 Å². The molecule has 0 radical (unpaired) electrons. The van der Waals surface area contributed by atoms with E-state index < -0.39 is 17.7 Å². The van der Waals surface area contributed by atoms with E-state index in [1.54, 1.807) is 0 Å². The van der Waals surface area contributed by atoms with E-state index >= 15 is 0 Å². The minimum atomic E-state index is -0.678. The van der Waals surface area contributed by atoms with Gasteiger partial charge in [-0.3, -0.25) is 4.79 Å². The van der Waals surface area contributed by atoms with Crippen LogP contribution in [0, 0.1) is 11.6 Å². The Morgan fingerprint density at radius 3 is 2.70 bits per heavy atom. The summed E-state index contributed by atoms with van der Waals surface area (Å²) >= 11 is 3.40. The molecular weight excluding hydrogens is 420 g/mol. The van der Waals surface area contributed by atoms with E-state index in [1.807, 2.05) is 24.3 Å². The van der Waals surface area contributed by atoms with Crippen LogP contribution in [0.3, 0.4) is 0 Å². The maximum absolute atomic E-state index is 13.5. The molecule has 1 amide bonds. The van der Waals surface area contributed by atoms with E-state index in [1.165, 1.54) is 17.0 Å². The summed E-state index contributed by atoms with van der Waals surface area (Å²) in [6.07, 6.45) is 0.827. The van der Waals surface area contributed by atoms with Gasteiger partial charge in [-0.15, -0.1) is 0 Å². The molecule has 1 saturated heterocycles. The molecule has 3 aromatic rings. The van der Waals surface area contributed by atoms with Crippen molar-refractivity contribution in [2.45, 2.75) is 25.4 Å². The van der Waals surface area contributed by atoms with Gasteiger partial charge in [0, 0.05) is 29.1 Å². The number of carbonyl (C=O) groups is 1. The summed E-state index contributed by atoms with van der Waals surface area (Å²) in [4.78, 5) is 18.2. The van der Waals surface area contributed by atoms with Crippen molar-refractivity contribution < 1.29 is 18.1 Å². The van der Waals surface area contributed by atoms with E-state index in [2.05, 4.69) is 26.1 Å². The highest BCUT2D eigenvalue weighted by Crippen LogP contribution is 2.34. The van der Waals surface area contributed by atoms with Gasteiger partial charge in [-0.05, 0) is 36.2 Å². The third-order valence-electron chi connectivity index (χ3n) is 4.41. The van der Waals surface area contributed by atoms with Crippen LogP contribution in [0.5, 0.6) is 0 Å². The predicted octanol–water partition coefficient (Wildman–Crippen LogP) is 4.64. The van der Waals surface area contributed by atoms with Crippen LogP contribution >= 0.6 is 15.9 Å². The molecule has 8 heteroatoms. The molecule has 2 heterocycles. The normalized spacial score (nSPS) is 16.9. The Bertz CT molecular complexity index is 988. The number of aromatic nitrogens is 2. The Morgan fingerprint density at radius 1 is 1.19 bits per heavy atom. The fourth-order valence-electron chi connectivity index (χ4n) is 3.20. The molecular formula is C19H14BrF2N3O2. The van der Waals surface area contributed by atoms with Gasteiger partial charge in [0.25, 0.3) is 0 Å². The van der Waals surface area contributed by atoms with Gasteiger partial charge in [-0.25, -0.2) is 8.78 Å². The summed E-state index contributed by atoms with van der Waals surface area (Å²) in [5, 5.41) is 4.00. The summed E-state index contributed by atoms with van der Waals surface area (Å²) in [6, 6.07) is 10.3. The second-order valence-corrected chi connectivity index (χ2v) is 7.24. The number of likely N-dealkylation sites (tertiary alicyclic amines) is 1. The van der Waals surface area contributed by atoms with E-state index in [-0.39, 0.29) is 12.5 Å². The molecule has 1 unspecified atom stereocenters. The van der Waals surface area contributed by atoms with E-state index in [9.17, 15) is 13.6 Å². The van der Waals surface area contributed by atoms with Crippen LogP contribution in [0.15, 0.2) is 51.5 Å². The van der Waals surface area contributed by atoms with Crippen LogP contribution < -0.4 is 0 Å².